The highest BCUT2D eigenvalue weighted by molar-refractivity contribution is 5.79. The lowest BCUT2D eigenvalue weighted by atomic mass is 9.90. The molecule has 0 aliphatic carbocycles. The quantitative estimate of drug-likeness (QED) is 0.623. The number of rotatable bonds is 2. The predicted octanol–water partition coefficient (Wildman–Crippen LogP) is 3.04. The van der Waals surface area contributed by atoms with Crippen LogP contribution in [-0.4, -0.2) is 11.7 Å². The second-order valence-corrected chi connectivity index (χ2v) is 5.45. The standard InChI is InChI=1S/C16H16O4/c1-4-18-14-8-11-7-10-5-6-15(17)19-12(10)9-13(11)20-16(14,2)3/h4-7,9,14H,1,8H2,2-3H3/t14-/m0/s1. The Morgan fingerprint density at radius 2 is 2.20 bits per heavy atom. The van der Waals surface area contributed by atoms with Gasteiger partial charge in [-0.2, -0.15) is 0 Å². The maximum Gasteiger partial charge on any atom is 0.336 e. The maximum absolute atomic E-state index is 11.3. The van der Waals surface area contributed by atoms with Gasteiger partial charge in [0.25, 0.3) is 0 Å². The second-order valence-electron chi connectivity index (χ2n) is 5.45. The highest BCUT2D eigenvalue weighted by Crippen LogP contribution is 2.37. The van der Waals surface area contributed by atoms with Crippen molar-refractivity contribution in [2.45, 2.75) is 32.0 Å². The molecule has 20 heavy (non-hydrogen) atoms. The molecule has 0 saturated carbocycles. The van der Waals surface area contributed by atoms with Gasteiger partial charge in [-0.05, 0) is 31.5 Å². The van der Waals surface area contributed by atoms with Crippen LogP contribution in [0.4, 0.5) is 0 Å². The first-order chi connectivity index (χ1) is 9.49. The lowest BCUT2D eigenvalue weighted by molar-refractivity contribution is -0.0480. The predicted molar refractivity (Wildman–Crippen MR) is 76.0 cm³/mol. The van der Waals surface area contributed by atoms with Gasteiger partial charge in [0.2, 0.25) is 0 Å². The minimum atomic E-state index is -0.468. The summed E-state index contributed by atoms with van der Waals surface area (Å²) in [5.41, 5.74) is 0.747. The molecule has 2 heterocycles. The molecule has 0 spiro atoms. The molecule has 2 aromatic rings. The fourth-order valence-corrected chi connectivity index (χ4v) is 2.52. The van der Waals surface area contributed by atoms with Gasteiger partial charge in [-0.3, -0.25) is 0 Å². The minimum Gasteiger partial charge on any atom is -0.494 e. The van der Waals surface area contributed by atoms with Crippen molar-refractivity contribution in [1.82, 2.24) is 0 Å². The summed E-state index contributed by atoms with van der Waals surface area (Å²) < 4.78 is 16.7. The number of benzene rings is 1. The smallest absolute Gasteiger partial charge is 0.336 e. The normalized spacial score (nSPS) is 20.0. The van der Waals surface area contributed by atoms with Gasteiger partial charge < -0.3 is 13.9 Å². The molecule has 0 amide bonds. The SMILES string of the molecule is C=CO[C@H]1Cc2cc3ccc(=O)oc3cc2OC1(C)C. The first-order valence-corrected chi connectivity index (χ1v) is 6.52. The van der Waals surface area contributed by atoms with E-state index >= 15 is 0 Å². The molecule has 0 unspecified atom stereocenters. The summed E-state index contributed by atoms with van der Waals surface area (Å²) >= 11 is 0. The van der Waals surface area contributed by atoms with Crippen LogP contribution >= 0.6 is 0 Å². The third-order valence-electron chi connectivity index (χ3n) is 3.62. The van der Waals surface area contributed by atoms with Crippen LogP contribution in [0.3, 0.4) is 0 Å². The monoisotopic (exact) mass is 272 g/mol. The van der Waals surface area contributed by atoms with E-state index in [-0.39, 0.29) is 11.7 Å². The summed E-state index contributed by atoms with van der Waals surface area (Å²) in [5.74, 6) is 0.737. The summed E-state index contributed by atoms with van der Waals surface area (Å²) in [6, 6.07) is 6.92. The first-order valence-electron chi connectivity index (χ1n) is 6.52. The van der Waals surface area contributed by atoms with E-state index in [1.165, 1.54) is 12.3 Å². The molecule has 4 heteroatoms. The zero-order chi connectivity index (χ0) is 14.3. The Hall–Kier alpha value is -2.23. The third kappa shape index (κ3) is 2.07. The molecular formula is C16H16O4. The van der Waals surface area contributed by atoms with Crippen molar-refractivity contribution < 1.29 is 13.9 Å². The van der Waals surface area contributed by atoms with E-state index in [1.807, 2.05) is 19.9 Å². The lowest BCUT2D eigenvalue weighted by Crippen LogP contribution is -2.47. The first kappa shape index (κ1) is 12.8. The van der Waals surface area contributed by atoms with Crippen molar-refractivity contribution in [2.24, 2.45) is 0 Å². The largest absolute Gasteiger partial charge is 0.494 e. The average molecular weight is 272 g/mol. The number of fused-ring (bicyclic) bond motifs is 2. The van der Waals surface area contributed by atoms with Crippen molar-refractivity contribution in [3.63, 3.8) is 0 Å². The molecule has 104 valence electrons. The third-order valence-corrected chi connectivity index (χ3v) is 3.62. The van der Waals surface area contributed by atoms with Gasteiger partial charge in [-0.15, -0.1) is 0 Å². The molecule has 1 aliphatic heterocycles. The van der Waals surface area contributed by atoms with E-state index in [0.29, 0.717) is 5.58 Å². The molecule has 1 atom stereocenters. The van der Waals surface area contributed by atoms with Crippen molar-refractivity contribution >= 4 is 11.0 Å². The van der Waals surface area contributed by atoms with Crippen LogP contribution < -0.4 is 10.4 Å². The van der Waals surface area contributed by atoms with Gasteiger partial charge in [0.1, 0.15) is 23.0 Å². The fraction of sp³-hybridized carbons (Fsp3) is 0.312. The zero-order valence-corrected chi connectivity index (χ0v) is 11.5. The molecule has 0 radical (unpaired) electrons. The van der Waals surface area contributed by atoms with Gasteiger partial charge >= 0.3 is 5.63 Å². The van der Waals surface area contributed by atoms with Crippen LogP contribution in [0, 0.1) is 0 Å². The maximum atomic E-state index is 11.3. The molecule has 4 nitrogen and oxygen atoms in total. The van der Waals surface area contributed by atoms with E-state index in [9.17, 15) is 4.79 Å². The van der Waals surface area contributed by atoms with Gasteiger partial charge in [0.15, 0.2) is 0 Å². The molecule has 3 rings (SSSR count). The molecule has 0 saturated heterocycles. The number of ether oxygens (including phenoxy) is 2. The molecular weight excluding hydrogens is 256 g/mol. The van der Waals surface area contributed by atoms with Crippen LogP contribution in [0.25, 0.3) is 11.0 Å². The fourth-order valence-electron chi connectivity index (χ4n) is 2.52. The summed E-state index contributed by atoms with van der Waals surface area (Å²) in [7, 11) is 0. The Balaban J connectivity index is 2.11. The average Bonchev–Trinajstić information content (AvgIpc) is 2.37. The zero-order valence-electron chi connectivity index (χ0n) is 11.5. The van der Waals surface area contributed by atoms with E-state index in [2.05, 4.69) is 6.58 Å². The molecule has 1 aromatic carbocycles. The summed E-state index contributed by atoms with van der Waals surface area (Å²) in [6.07, 6.45) is 2.07. The minimum absolute atomic E-state index is 0.0966. The van der Waals surface area contributed by atoms with Crippen molar-refractivity contribution in [3.8, 4) is 5.75 Å². The van der Waals surface area contributed by atoms with Gasteiger partial charge in [-0.25, -0.2) is 4.79 Å². The summed E-state index contributed by atoms with van der Waals surface area (Å²) in [6.45, 7) is 7.54. The van der Waals surface area contributed by atoms with E-state index < -0.39 is 5.60 Å². The second kappa shape index (κ2) is 4.40. The van der Waals surface area contributed by atoms with Crippen molar-refractivity contribution in [2.75, 3.05) is 0 Å². The summed E-state index contributed by atoms with van der Waals surface area (Å²) in [4.78, 5) is 11.3. The van der Waals surface area contributed by atoms with Crippen LogP contribution in [0.1, 0.15) is 19.4 Å². The molecule has 1 aromatic heterocycles. The number of hydrogen-bond acceptors (Lipinski definition) is 4. The highest BCUT2D eigenvalue weighted by atomic mass is 16.6. The van der Waals surface area contributed by atoms with Gasteiger partial charge in [0, 0.05) is 23.9 Å². The Kier molecular flexibility index (Phi) is 2.82. The van der Waals surface area contributed by atoms with Gasteiger partial charge in [0.05, 0.1) is 6.26 Å². The van der Waals surface area contributed by atoms with E-state index in [4.69, 9.17) is 13.9 Å². The van der Waals surface area contributed by atoms with Crippen molar-refractivity contribution in [3.05, 3.63) is 53.1 Å². The van der Waals surface area contributed by atoms with Crippen LogP contribution in [-0.2, 0) is 11.2 Å². The van der Waals surface area contributed by atoms with Crippen molar-refractivity contribution in [1.29, 1.82) is 0 Å². The summed E-state index contributed by atoms with van der Waals surface area (Å²) in [5, 5.41) is 0.879. The molecule has 0 bridgehead atoms. The van der Waals surface area contributed by atoms with Crippen LogP contribution in [0.15, 0.2) is 46.3 Å². The molecule has 0 N–H and O–H groups in total. The Labute approximate surface area is 116 Å². The van der Waals surface area contributed by atoms with Crippen LogP contribution in [0.2, 0.25) is 0 Å². The molecule has 0 fully saturated rings. The van der Waals surface area contributed by atoms with E-state index in [0.717, 1.165) is 23.1 Å². The Morgan fingerprint density at radius 3 is 2.95 bits per heavy atom. The van der Waals surface area contributed by atoms with Crippen LogP contribution in [0.5, 0.6) is 5.75 Å². The topological polar surface area (TPSA) is 48.7 Å². The highest BCUT2D eigenvalue weighted by Gasteiger charge is 2.38. The lowest BCUT2D eigenvalue weighted by Gasteiger charge is -2.39. The van der Waals surface area contributed by atoms with E-state index in [1.54, 1.807) is 12.1 Å². The Morgan fingerprint density at radius 1 is 1.40 bits per heavy atom. The molecule has 1 aliphatic rings. The van der Waals surface area contributed by atoms with Gasteiger partial charge in [-0.1, -0.05) is 6.58 Å². The Bertz CT molecular complexity index is 727. The number of hydrogen-bond donors (Lipinski definition) is 0.